The smallest absolute Gasteiger partial charge is 0.663 e. The molecule has 0 aliphatic heterocycles. The van der Waals surface area contributed by atoms with Crippen molar-refractivity contribution in [2.75, 3.05) is 13.1 Å². The first kappa shape index (κ1) is 10.0. The van der Waals surface area contributed by atoms with Crippen LogP contribution in [0.5, 0.6) is 0 Å². The molecule has 0 aromatic rings. The van der Waals surface area contributed by atoms with Crippen LogP contribution in [0.1, 0.15) is 13.8 Å². The molecule has 0 aliphatic rings. The summed E-state index contributed by atoms with van der Waals surface area (Å²) >= 11 is 0. The van der Waals surface area contributed by atoms with Crippen molar-refractivity contribution in [2.24, 2.45) is 0 Å². The van der Waals surface area contributed by atoms with E-state index in [1.54, 1.807) is 0 Å². The van der Waals surface area contributed by atoms with Crippen molar-refractivity contribution in [3.8, 4) is 0 Å². The maximum atomic E-state index is 3.97. The molecule has 0 radical (unpaired) electrons. The van der Waals surface area contributed by atoms with Crippen molar-refractivity contribution in [1.82, 2.24) is 0 Å². The predicted octanol–water partition coefficient (Wildman–Crippen LogP) is -1.60. The Balaban J connectivity index is 0. The number of hydrogen-bond donors (Lipinski definition) is 0. The minimum Gasteiger partial charge on any atom is -0.663 e. The van der Waals surface area contributed by atoms with Gasteiger partial charge in [0.15, 0.2) is 0 Å². The Morgan fingerprint density at radius 3 is 1.50 bits per heavy atom. The van der Waals surface area contributed by atoms with E-state index < -0.39 is 0 Å². The molecule has 0 atom stereocenters. The monoisotopic (exact) mass is 95.1 g/mol. The summed E-state index contributed by atoms with van der Waals surface area (Å²) in [7, 11) is 0. The molecule has 2 heteroatoms. The van der Waals surface area contributed by atoms with Crippen LogP contribution in [0.3, 0.4) is 0 Å². The summed E-state index contributed by atoms with van der Waals surface area (Å²) in [6.07, 6.45) is 0. The number of hydrogen-bond acceptors (Lipinski definition) is 0. The predicted molar refractivity (Wildman–Crippen MR) is 24.4 cm³/mol. The normalized spacial score (nSPS) is 7.00. The molecule has 0 amide bonds. The quantitative estimate of drug-likeness (QED) is 0.367. The van der Waals surface area contributed by atoms with Gasteiger partial charge < -0.3 is 5.32 Å². The maximum absolute atomic E-state index is 3.97. The first-order chi connectivity index (χ1) is 2.41. The van der Waals surface area contributed by atoms with Gasteiger partial charge in [0, 0.05) is 0 Å². The molecule has 0 bridgehead atoms. The Kier molecular flexibility index (Phi) is 15.7. The Bertz CT molecular complexity index is 15.0. The van der Waals surface area contributed by atoms with Crippen molar-refractivity contribution >= 4 is 0 Å². The second-order valence-corrected chi connectivity index (χ2v) is 0.856. The van der Waals surface area contributed by atoms with Crippen LogP contribution in [-0.2, 0) is 0 Å². The average Bonchev–Trinajstić information content (AvgIpc) is 1.41. The SMILES string of the molecule is CC[N-]CC.[Na+]. The summed E-state index contributed by atoms with van der Waals surface area (Å²) in [6, 6.07) is 0. The molecule has 0 N–H and O–H groups in total. The van der Waals surface area contributed by atoms with E-state index in [1.807, 2.05) is 13.8 Å². The van der Waals surface area contributed by atoms with Crippen LogP contribution in [0, 0.1) is 0 Å². The molecule has 0 saturated carbocycles. The van der Waals surface area contributed by atoms with Crippen molar-refractivity contribution in [1.29, 1.82) is 0 Å². The van der Waals surface area contributed by atoms with Gasteiger partial charge >= 0.3 is 29.6 Å². The molecule has 6 heavy (non-hydrogen) atoms. The van der Waals surface area contributed by atoms with Crippen LogP contribution in [0.25, 0.3) is 5.32 Å². The molecular weight excluding hydrogens is 85.0 g/mol. The molecule has 0 unspecified atom stereocenters. The summed E-state index contributed by atoms with van der Waals surface area (Å²) in [5.41, 5.74) is 0. The zero-order valence-electron chi connectivity index (χ0n) is 4.86. The van der Waals surface area contributed by atoms with Crippen LogP contribution < -0.4 is 29.6 Å². The summed E-state index contributed by atoms with van der Waals surface area (Å²) in [5, 5.41) is 3.97. The third kappa shape index (κ3) is 8.88. The average molecular weight is 95.1 g/mol. The van der Waals surface area contributed by atoms with Gasteiger partial charge in [0.1, 0.15) is 0 Å². The fourth-order valence-corrected chi connectivity index (χ4v) is 0.224. The van der Waals surface area contributed by atoms with Gasteiger partial charge in [0.05, 0.1) is 0 Å². The zero-order valence-corrected chi connectivity index (χ0v) is 6.86. The van der Waals surface area contributed by atoms with Crippen molar-refractivity contribution in [2.45, 2.75) is 13.8 Å². The molecule has 0 saturated heterocycles. The largest absolute Gasteiger partial charge is 1.00 e. The van der Waals surface area contributed by atoms with Crippen LogP contribution in [0.15, 0.2) is 0 Å². The molecule has 1 nitrogen and oxygen atoms in total. The molecule has 0 rings (SSSR count). The molecule has 0 spiro atoms. The third-order valence-electron chi connectivity index (χ3n) is 0.447. The summed E-state index contributed by atoms with van der Waals surface area (Å²) in [6.45, 7) is 6.03. The number of rotatable bonds is 2. The van der Waals surface area contributed by atoms with Gasteiger partial charge in [-0.1, -0.05) is 13.8 Å². The summed E-state index contributed by atoms with van der Waals surface area (Å²) in [5.74, 6) is 0. The Morgan fingerprint density at radius 2 is 1.50 bits per heavy atom. The fourth-order valence-electron chi connectivity index (χ4n) is 0.224. The van der Waals surface area contributed by atoms with Gasteiger partial charge in [-0.05, 0) is 0 Å². The van der Waals surface area contributed by atoms with E-state index in [0.29, 0.717) is 0 Å². The van der Waals surface area contributed by atoms with Crippen LogP contribution in [0.4, 0.5) is 0 Å². The second kappa shape index (κ2) is 9.35. The van der Waals surface area contributed by atoms with Gasteiger partial charge in [-0.2, -0.15) is 13.1 Å². The molecular formula is C4H10NNa. The van der Waals surface area contributed by atoms with Gasteiger partial charge in [-0.25, -0.2) is 0 Å². The van der Waals surface area contributed by atoms with Crippen molar-refractivity contribution in [3.63, 3.8) is 0 Å². The van der Waals surface area contributed by atoms with Crippen molar-refractivity contribution in [3.05, 3.63) is 5.32 Å². The van der Waals surface area contributed by atoms with E-state index in [2.05, 4.69) is 5.32 Å². The summed E-state index contributed by atoms with van der Waals surface area (Å²) < 4.78 is 0. The second-order valence-electron chi connectivity index (χ2n) is 0.856. The molecule has 0 heterocycles. The zero-order chi connectivity index (χ0) is 4.12. The first-order valence-corrected chi connectivity index (χ1v) is 2.05. The molecule has 0 aliphatic carbocycles. The number of nitrogens with zero attached hydrogens (tertiary/aromatic N) is 1. The van der Waals surface area contributed by atoms with Gasteiger partial charge in [-0.3, -0.25) is 0 Å². The maximum Gasteiger partial charge on any atom is 1.00 e. The van der Waals surface area contributed by atoms with E-state index >= 15 is 0 Å². The molecule has 0 aromatic heterocycles. The van der Waals surface area contributed by atoms with Gasteiger partial charge in [0.25, 0.3) is 0 Å². The van der Waals surface area contributed by atoms with E-state index in [0.717, 1.165) is 13.1 Å². The third-order valence-corrected chi connectivity index (χ3v) is 0.447. The van der Waals surface area contributed by atoms with E-state index in [9.17, 15) is 0 Å². The molecule has 0 fully saturated rings. The topological polar surface area (TPSA) is 14.1 Å². The molecule has 0 aromatic carbocycles. The van der Waals surface area contributed by atoms with Gasteiger partial charge in [-0.15, -0.1) is 0 Å². The van der Waals surface area contributed by atoms with E-state index in [4.69, 9.17) is 0 Å². The minimum absolute atomic E-state index is 0. The standard InChI is InChI=1S/C4H10N.Na/c1-3-5-4-2;/h3-4H2,1-2H3;/q-1;+1. The van der Waals surface area contributed by atoms with Gasteiger partial charge in [0.2, 0.25) is 0 Å². The van der Waals surface area contributed by atoms with Crippen molar-refractivity contribution < 1.29 is 29.6 Å². The molecule has 32 valence electrons. The van der Waals surface area contributed by atoms with E-state index in [-0.39, 0.29) is 29.6 Å². The van der Waals surface area contributed by atoms with Crippen LogP contribution >= 0.6 is 0 Å². The minimum atomic E-state index is 0. The Labute approximate surface area is 61.8 Å². The fraction of sp³-hybridized carbons (Fsp3) is 1.00. The van der Waals surface area contributed by atoms with E-state index in [1.165, 1.54) is 0 Å². The van der Waals surface area contributed by atoms with Crippen LogP contribution in [0.2, 0.25) is 0 Å². The first-order valence-electron chi connectivity index (χ1n) is 2.05. The summed E-state index contributed by atoms with van der Waals surface area (Å²) in [4.78, 5) is 0. The Hall–Kier alpha value is 0.960. The van der Waals surface area contributed by atoms with Crippen LogP contribution in [-0.4, -0.2) is 13.1 Å². The Morgan fingerprint density at radius 1 is 1.17 bits per heavy atom.